The maximum Gasteiger partial charge on any atom is 0.387 e. The van der Waals surface area contributed by atoms with Crippen molar-refractivity contribution in [1.29, 1.82) is 0 Å². The Morgan fingerprint density at radius 2 is 1.91 bits per heavy atom. The second kappa shape index (κ2) is 8.82. The number of Topliss-reactive ketones (excluding diaryl/α,β-unsaturated/α-hetero) is 1. The summed E-state index contributed by atoms with van der Waals surface area (Å²) in [5.74, 6) is -2.76. The molecule has 10 heteroatoms. The predicted octanol–water partition coefficient (Wildman–Crippen LogP) is 5.61. The first-order valence-electron chi connectivity index (χ1n) is 11.4. The van der Waals surface area contributed by atoms with Crippen LogP contribution in [0.25, 0.3) is 16.9 Å². The minimum absolute atomic E-state index is 0.0136. The van der Waals surface area contributed by atoms with Gasteiger partial charge in [0.15, 0.2) is 5.78 Å². The summed E-state index contributed by atoms with van der Waals surface area (Å²) in [5, 5.41) is 0. The van der Waals surface area contributed by atoms with E-state index in [1.807, 2.05) is 19.1 Å². The summed E-state index contributed by atoms with van der Waals surface area (Å²) in [7, 11) is 1.38. The number of ketones is 1. The molecule has 186 valence electrons. The third-order valence-corrected chi connectivity index (χ3v) is 6.68. The average Bonchev–Trinajstić information content (AvgIpc) is 3.50. The number of carbonyl (C=O) groups is 1. The number of pyridine rings is 1. The smallest absolute Gasteiger partial charge is 0.387 e. The van der Waals surface area contributed by atoms with Crippen molar-refractivity contribution >= 4 is 11.4 Å². The number of ether oxygens (including phenoxy) is 2. The number of alkyl halides is 4. The summed E-state index contributed by atoms with van der Waals surface area (Å²) in [6.45, 7) is -1.81. The zero-order valence-corrected chi connectivity index (χ0v) is 19.3. The van der Waals surface area contributed by atoms with Crippen LogP contribution in [0.2, 0.25) is 0 Å². The summed E-state index contributed by atoms with van der Waals surface area (Å²) in [6, 6.07) is 6.44. The Kier molecular flexibility index (Phi) is 5.94. The van der Waals surface area contributed by atoms with Crippen molar-refractivity contribution in [3.05, 3.63) is 47.8 Å². The normalized spacial score (nSPS) is 18.5. The predicted molar refractivity (Wildman–Crippen MR) is 120 cm³/mol. The molecule has 5 rings (SSSR count). The summed E-state index contributed by atoms with van der Waals surface area (Å²) < 4.78 is 64.9. The summed E-state index contributed by atoms with van der Waals surface area (Å²) >= 11 is 0. The number of benzene rings is 1. The van der Waals surface area contributed by atoms with Crippen LogP contribution in [0.3, 0.4) is 0 Å². The van der Waals surface area contributed by atoms with Crippen LogP contribution >= 0.6 is 0 Å². The van der Waals surface area contributed by atoms with Crippen LogP contribution in [0.1, 0.15) is 48.1 Å². The number of imidazole rings is 1. The molecule has 0 amide bonds. The fourth-order valence-corrected chi connectivity index (χ4v) is 4.55. The standard InChI is InChI=1S/C25H25F4N3O3/c1-14(31-12-25(28,29)13-31)16-5-6-32-18(11-30-22(32)10-16)17-8-20(34-2)23(19(33)7-15-3-4-15)21(9-17)35-24(26)27/h5-6,8-11,14-15,24H,3-4,7,12-13H2,1-2H3. The average molecular weight is 491 g/mol. The monoisotopic (exact) mass is 491 g/mol. The molecule has 1 atom stereocenters. The second-order valence-electron chi connectivity index (χ2n) is 9.27. The molecular formula is C25H25F4N3O3. The molecule has 1 saturated heterocycles. The highest BCUT2D eigenvalue weighted by Crippen LogP contribution is 2.41. The van der Waals surface area contributed by atoms with E-state index >= 15 is 0 Å². The van der Waals surface area contributed by atoms with E-state index in [0.29, 0.717) is 16.9 Å². The number of methoxy groups -OCH3 is 1. The van der Waals surface area contributed by atoms with Gasteiger partial charge in [0.1, 0.15) is 22.7 Å². The first-order valence-corrected chi connectivity index (χ1v) is 11.4. The van der Waals surface area contributed by atoms with Crippen molar-refractivity contribution < 1.29 is 31.8 Å². The van der Waals surface area contributed by atoms with Crippen molar-refractivity contribution in [3.63, 3.8) is 0 Å². The number of hydrogen-bond acceptors (Lipinski definition) is 5. The lowest BCUT2D eigenvalue weighted by Crippen LogP contribution is -2.56. The Labute approximate surface area is 199 Å². The molecular weight excluding hydrogens is 466 g/mol. The first-order chi connectivity index (χ1) is 16.6. The molecule has 1 unspecified atom stereocenters. The number of hydrogen-bond donors (Lipinski definition) is 0. The Bertz CT molecular complexity index is 1260. The van der Waals surface area contributed by atoms with Crippen molar-refractivity contribution in [1.82, 2.24) is 14.3 Å². The Morgan fingerprint density at radius 1 is 1.20 bits per heavy atom. The van der Waals surface area contributed by atoms with Crippen LogP contribution in [-0.2, 0) is 0 Å². The minimum Gasteiger partial charge on any atom is -0.496 e. The van der Waals surface area contributed by atoms with Crippen LogP contribution in [0.5, 0.6) is 11.5 Å². The molecule has 2 aromatic heterocycles. The molecule has 1 aliphatic heterocycles. The third kappa shape index (κ3) is 4.71. The number of aromatic nitrogens is 2. The van der Waals surface area contributed by atoms with Gasteiger partial charge in [-0.15, -0.1) is 0 Å². The Morgan fingerprint density at radius 3 is 2.54 bits per heavy atom. The summed E-state index contributed by atoms with van der Waals surface area (Å²) in [5.41, 5.74) is 2.48. The highest BCUT2D eigenvalue weighted by atomic mass is 19.3. The molecule has 0 bridgehead atoms. The van der Waals surface area contributed by atoms with Gasteiger partial charge in [0, 0.05) is 24.2 Å². The molecule has 3 heterocycles. The molecule has 1 aliphatic carbocycles. The Hall–Kier alpha value is -3.14. The lowest BCUT2D eigenvalue weighted by atomic mass is 10.00. The van der Waals surface area contributed by atoms with E-state index < -0.39 is 12.5 Å². The molecule has 35 heavy (non-hydrogen) atoms. The van der Waals surface area contributed by atoms with E-state index in [-0.39, 0.29) is 54.3 Å². The van der Waals surface area contributed by atoms with Crippen molar-refractivity contribution in [3.8, 4) is 22.8 Å². The van der Waals surface area contributed by atoms with Crippen LogP contribution in [-0.4, -0.2) is 52.8 Å². The lowest BCUT2D eigenvalue weighted by molar-refractivity contribution is -0.144. The van der Waals surface area contributed by atoms with Gasteiger partial charge >= 0.3 is 6.61 Å². The van der Waals surface area contributed by atoms with Gasteiger partial charge in [0.2, 0.25) is 0 Å². The van der Waals surface area contributed by atoms with E-state index in [1.165, 1.54) is 13.2 Å². The van der Waals surface area contributed by atoms with Gasteiger partial charge in [0.25, 0.3) is 5.92 Å². The number of fused-ring (bicyclic) bond motifs is 1. The van der Waals surface area contributed by atoms with Crippen molar-refractivity contribution in [2.45, 2.75) is 44.8 Å². The summed E-state index contributed by atoms with van der Waals surface area (Å²) in [4.78, 5) is 18.9. The number of nitrogens with zero attached hydrogens (tertiary/aromatic N) is 3. The quantitative estimate of drug-likeness (QED) is 0.288. The van der Waals surface area contributed by atoms with E-state index in [1.54, 1.807) is 27.8 Å². The molecule has 0 spiro atoms. The van der Waals surface area contributed by atoms with Gasteiger partial charge in [-0.3, -0.25) is 14.1 Å². The fraction of sp³-hybridized carbons (Fsp3) is 0.440. The van der Waals surface area contributed by atoms with Gasteiger partial charge in [-0.1, -0.05) is 0 Å². The molecule has 0 N–H and O–H groups in total. The summed E-state index contributed by atoms with van der Waals surface area (Å²) in [6.07, 6.45) is 5.48. The second-order valence-corrected chi connectivity index (χ2v) is 9.27. The number of likely N-dealkylation sites (tertiary alicyclic amines) is 1. The van der Waals surface area contributed by atoms with E-state index in [4.69, 9.17) is 9.47 Å². The van der Waals surface area contributed by atoms with Gasteiger partial charge in [-0.05, 0) is 55.5 Å². The maximum atomic E-state index is 13.3. The largest absolute Gasteiger partial charge is 0.496 e. The highest BCUT2D eigenvalue weighted by molar-refractivity contribution is 6.02. The fourth-order valence-electron chi connectivity index (χ4n) is 4.55. The van der Waals surface area contributed by atoms with E-state index in [9.17, 15) is 22.4 Å². The minimum atomic E-state index is -3.11. The van der Waals surface area contributed by atoms with Gasteiger partial charge in [-0.25, -0.2) is 13.8 Å². The number of carbonyl (C=O) groups excluding carboxylic acids is 1. The number of halogens is 4. The van der Waals surface area contributed by atoms with Crippen LogP contribution < -0.4 is 9.47 Å². The molecule has 0 radical (unpaired) electrons. The van der Waals surface area contributed by atoms with Crippen molar-refractivity contribution in [2.24, 2.45) is 5.92 Å². The Balaban J connectivity index is 1.50. The molecule has 2 fully saturated rings. The molecule has 1 aromatic carbocycles. The van der Waals surface area contributed by atoms with Gasteiger partial charge in [0.05, 0.1) is 32.1 Å². The van der Waals surface area contributed by atoms with Gasteiger partial charge in [-0.2, -0.15) is 8.78 Å². The van der Waals surface area contributed by atoms with Crippen LogP contribution in [0.15, 0.2) is 36.7 Å². The zero-order chi connectivity index (χ0) is 24.9. The highest BCUT2D eigenvalue weighted by Gasteiger charge is 2.45. The molecule has 6 nitrogen and oxygen atoms in total. The van der Waals surface area contributed by atoms with Crippen molar-refractivity contribution in [2.75, 3.05) is 20.2 Å². The molecule has 2 aliphatic rings. The third-order valence-electron chi connectivity index (χ3n) is 6.68. The molecule has 1 saturated carbocycles. The van der Waals surface area contributed by atoms with E-state index in [0.717, 1.165) is 18.4 Å². The zero-order valence-electron chi connectivity index (χ0n) is 19.3. The topological polar surface area (TPSA) is 56.1 Å². The van der Waals surface area contributed by atoms with E-state index in [2.05, 4.69) is 4.98 Å². The molecule has 3 aromatic rings. The van der Waals surface area contributed by atoms with Gasteiger partial charge < -0.3 is 9.47 Å². The van der Waals surface area contributed by atoms with Crippen LogP contribution in [0, 0.1) is 5.92 Å². The van der Waals surface area contributed by atoms with Crippen LogP contribution in [0.4, 0.5) is 17.6 Å². The number of rotatable bonds is 9. The first kappa shape index (κ1) is 23.6. The SMILES string of the molecule is COc1cc(-c2cnc3cc(C(C)N4CC(F)(F)C4)ccn23)cc(OC(F)F)c1C(=O)CC1CC1. The maximum absolute atomic E-state index is 13.3. The lowest BCUT2D eigenvalue weighted by Gasteiger charge is -2.42.